The van der Waals surface area contributed by atoms with Crippen molar-refractivity contribution in [2.45, 2.75) is 24.8 Å². The molecule has 132 valence electrons. The van der Waals surface area contributed by atoms with Gasteiger partial charge in [-0.3, -0.25) is 9.59 Å². The van der Waals surface area contributed by atoms with Crippen molar-refractivity contribution in [2.75, 3.05) is 25.1 Å². The smallest absolute Gasteiger partial charge is 0.254 e. The van der Waals surface area contributed by atoms with Crippen molar-refractivity contribution in [3.63, 3.8) is 0 Å². The van der Waals surface area contributed by atoms with E-state index in [-0.39, 0.29) is 16.4 Å². The van der Waals surface area contributed by atoms with E-state index < -0.39 is 22.0 Å². The van der Waals surface area contributed by atoms with E-state index in [1.807, 2.05) is 0 Å². The van der Waals surface area contributed by atoms with Crippen LogP contribution in [0, 0.1) is 13.8 Å². The van der Waals surface area contributed by atoms with Crippen molar-refractivity contribution >= 4 is 33.6 Å². The number of aryl methyl sites for hydroxylation is 1. The average Bonchev–Trinajstić information content (AvgIpc) is 2.56. The van der Waals surface area contributed by atoms with E-state index in [1.165, 1.54) is 18.0 Å². The zero-order chi connectivity index (χ0) is 18.1. The van der Waals surface area contributed by atoms with Gasteiger partial charge >= 0.3 is 0 Å². The Morgan fingerprint density at radius 1 is 1.33 bits per heavy atom. The first-order chi connectivity index (χ1) is 11.2. The first kappa shape index (κ1) is 18.8. The molecule has 24 heavy (non-hydrogen) atoms. The Bertz CT molecular complexity index is 777. The maximum Gasteiger partial charge on any atom is 0.254 e. The van der Waals surface area contributed by atoms with Crippen molar-refractivity contribution in [3.8, 4) is 0 Å². The summed E-state index contributed by atoms with van der Waals surface area (Å²) in [6.45, 7) is 3.84. The summed E-state index contributed by atoms with van der Waals surface area (Å²) in [5.41, 5.74) is 6.91. The predicted molar refractivity (Wildman–Crippen MR) is 93.5 cm³/mol. The number of carbonyl (C=O) groups excluding carboxylic acids is 2. The highest BCUT2D eigenvalue weighted by Crippen LogP contribution is 2.24. The molecule has 0 aliphatic carbocycles. The van der Waals surface area contributed by atoms with E-state index in [1.54, 1.807) is 31.7 Å². The maximum absolute atomic E-state index is 12.8. The van der Waals surface area contributed by atoms with Gasteiger partial charge in [0.05, 0.1) is 4.90 Å². The van der Waals surface area contributed by atoms with Crippen LogP contribution in [0.2, 0.25) is 0 Å². The van der Waals surface area contributed by atoms with Gasteiger partial charge in [-0.15, -0.1) is 0 Å². The van der Waals surface area contributed by atoms with Gasteiger partial charge in [0.25, 0.3) is 5.91 Å². The average molecular weight is 371 g/mol. The van der Waals surface area contributed by atoms with Gasteiger partial charge in [0.1, 0.15) is 6.04 Å². The summed E-state index contributed by atoms with van der Waals surface area (Å²) >= 11 is 1.56. The van der Waals surface area contributed by atoms with Crippen LogP contribution >= 0.6 is 11.8 Å². The lowest BCUT2D eigenvalue weighted by Crippen LogP contribution is -2.52. The van der Waals surface area contributed by atoms with Gasteiger partial charge in [0.15, 0.2) is 0 Å². The molecule has 1 aromatic rings. The van der Waals surface area contributed by atoms with Gasteiger partial charge < -0.3 is 10.6 Å². The third-order valence-electron chi connectivity index (χ3n) is 4.14. The molecular formula is C15H21N3O4S2. The Labute approximate surface area is 146 Å². The molecule has 3 N–H and O–H groups in total. The maximum atomic E-state index is 12.8. The van der Waals surface area contributed by atoms with E-state index in [0.29, 0.717) is 29.2 Å². The molecule has 1 aromatic carbocycles. The zero-order valence-electron chi connectivity index (χ0n) is 13.8. The molecular weight excluding hydrogens is 350 g/mol. The van der Waals surface area contributed by atoms with Crippen molar-refractivity contribution in [3.05, 3.63) is 28.8 Å². The summed E-state index contributed by atoms with van der Waals surface area (Å²) in [5, 5.41) is 0. The number of amides is 2. The number of nitrogens with zero attached hydrogens (tertiary/aromatic N) is 1. The number of nitrogens with one attached hydrogen (secondary N) is 1. The normalized spacial score (nSPS) is 18.5. The van der Waals surface area contributed by atoms with E-state index in [4.69, 9.17) is 5.73 Å². The lowest BCUT2D eigenvalue weighted by Gasteiger charge is -2.33. The minimum atomic E-state index is -3.68. The third-order valence-corrected chi connectivity index (χ3v) is 6.71. The van der Waals surface area contributed by atoms with Crippen LogP contribution in [-0.4, -0.2) is 56.3 Å². The second kappa shape index (κ2) is 7.12. The van der Waals surface area contributed by atoms with Crippen LogP contribution in [0.1, 0.15) is 21.5 Å². The van der Waals surface area contributed by atoms with Crippen LogP contribution in [0.15, 0.2) is 17.0 Å². The van der Waals surface area contributed by atoms with Crippen LogP contribution in [0.3, 0.4) is 0 Å². The number of nitrogens with two attached hydrogens (primary N) is 1. The standard InChI is InChI=1S/C15H21N3O4S2/c1-9-6-11(7-13(10(9)2)24(21,22)17-3)15(20)18-4-5-23-8-12(18)14(16)19/h6-7,12,17H,4-5,8H2,1-3H3,(H2,16,19)/t12-/m0/s1. The molecule has 0 spiro atoms. The molecule has 0 aromatic heterocycles. The summed E-state index contributed by atoms with van der Waals surface area (Å²) in [7, 11) is -2.36. The number of hydrogen-bond acceptors (Lipinski definition) is 5. The van der Waals surface area contributed by atoms with Gasteiger partial charge in [-0.1, -0.05) is 0 Å². The Morgan fingerprint density at radius 3 is 2.58 bits per heavy atom. The summed E-state index contributed by atoms with van der Waals surface area (Å²) < 4.78 is 26.6. The molecule has 7 nitrogen and oxygen atoms in total. The lowest BCUT2D eigenvalue weighted by molar-refractivity contribution is -0.121. The Kier molecular flexibility index (Phi) is 5.56. The molecule has 1 fully saturated rings. The van der Waals surface area contributed by atoms with E-state index in [9.17, 15) is 18.0 Å². The Hall–Kier alpha value is -1.58. The van der Waals surface area contributed by atoms with Crippen LogP contribution in [-0.2, 0) is 14.8 Å². The quantitative estimate of drug-likeness (QED) is 0.789. The number of rotatable bonds is 4. The molecule has 1 atom stereocenters. The van der Waals surface area contributed by atoms with Crippen molar-refractivity contribution in [2.24, 2.45) is 5.73 Å². The second-order valence-corrected chi connectivity index (χ2v) is 8.62. The lowest BCUT2D eigenvalue weighted by atomic mass is 10.0. The molecule has 1 aliphatic rings. The molecule has 0 saturated carbocycles. The number of thioether (sulfide) groups is 1. The summed E-state index contributed by atoms with van der Waals surface area (Å²) in [6.07, 6.45) is 0. The SMILES string of the molecule is CNS(=O)(=O)c1cc(C(=O)N2CCSC[C@H]2C(N)=O)cc(C)c1C. The van der Waals surface area contributed by atoms with Crippen LogP contribution in [0.5, 0.6) is 0 Å². The van der Waals surface area contributed by atoms with Crippen molar-refractivity contribution in [1.82, 2.24) is 9.62 Å². The highest BCUT2D eigenvalue weighted by atomic mass is 32.2. The number of carbonyl (C=O) groups is 2. The molecule has 1 aliphatic heterocycles. The third kappa shape index (κ3) is 3.57. The fourth-order valence-corrected chi connectivity index (χ4v) is 4.71. The van der Waals surface area contributed by atoms with Gasteiger partial charge in [-0.25, -0.2) is 13.1 Å². The minimum absolute atomic E-state index is 0.0651. The van der Waals surface area contributed by atoms with Gasteiger partial charge in [-0.2, -0.15) is 11.8 Å². The number of benzene rings is 1. The Balaban J connectivity index is 2.48. The molecule has 0 unspecified atom stereocenters. The highest BCUT2D eigenvalue weighted by molar-refractivity contribution is 7.99. The fraction of sp³-hybridized carbons (Fsp3) is 0.467. The predicted octanol–water partition coefficient (Wildman–Crippen LogP) is 0.254. The van der Waals surface area contributed by atoms with Crippen LogP contribution < -0.4 is 10.5 Å². The summed E-state index contributed by atoms with van der Waals surface area (Å²) in [5.74, 6) is 0.229. The molecule has 2 amide bonds. The molecule has 1 saturated heterocycles. The number of primary amides is 1. The largest absolute Gasteiger partial charge is 0.368 e. The zero-order valence-corrected chi connectivity index (χ0v) is 15.5. The van der Waals surface area contributed by atoms with Crippen molar-refractivity contribution < 1.29 is 18.0 Å². The van der Waals surface area contributed by atoms with E-state index in [2.05, 4.69) is 4.72 Å². The van der Waals surface area contributed by atoms with E-state index in [0.717, 1.165) is 0 Å². The minimum Gasteiger partial charge on any atom is -0.368 e. The second-order valence-electron chi connectivity index (χ2n) is 5.62. The molecule has 0 radical (unpaired) electrons. The number of sulfonamides is 1. The summed E-state index contributed by atoms with van der Waals surface area (Å²) in [6, 6.07) is 2.32. The molecule has 2 rings (SSSR count). The van der Waals surface area contributed by atoms with Gasteiger partial charge in [-0.05, 0) is 44.2 Å². The first-order valence-electron chi connectivity index (χ1n) is 7.42. The Morgan fingerprint density at radius 2 is 2.00 bits per heavy atom. The van der Waals surface area contributed by atoms with Gasteiger partial charge in [0, 0.05) is 23.6 Å². The van der Waals surface area contributed by atoms with E-state index >= 15 is 0 Å². The fourth-order valence-electron chi connectivity index (χ4n) is 2.59. The molecule has 0 bridgehead atoms. The topological polar surface area (TPSA) is 110 Å². The highest BCUT2D eigenvalue weighted by Gasteiger charge is 2.32. The number of hydrogen-bond donors (Lipinski definition) is 2. The van der Waals surface area contributed by atoms with Crippen LogP contribution in [0.4, 0.5) is 0 Å². The molecule has 9 heteroatoms. The van der Waals surface area contributed by atoms with Crippen molar-refractivity contribution in [1.29, 1.82) is 0 Å². The molecule has 1 heterocycles. The summed E-state index contributed by atoms with van der Waals surface area (Å²) in [4.78, 5) is 25.9. The van der Waals surface area contributed by atoms with Crippen LogP contribution in [0.25, 0.3) is 0 Å². The van der Waals surface area contributed by atoms with Gasteiger partial charge in [0.2, 0.25) is 15.9 Å². The first-order valence-corrected chi connectivity index (χ1v) is 10.1. The monoisotopic (exact) mass is 371 g/mol.